The zero-order chi connectivity index (χ0) is 9.19. The van der Waals surface area contributed by atoms with Crippen molar-refractivity contribution >= 4 is 5.91 Å². The smallest absolute Gasteiger partial charge is 0.294 e. The number of alkyl halides is 3. The monoisotopic (exact) mass is 177 g/mol. The van der Waals surface area contributed by atoms with E-state index in [1.165, 1.54) is 24.5 Å². The van der Waals surface area contributed by atoms with E-state index in [0.29, 0.717) is 0 Å². The minimum absolute atomic E-state index is 0.910. The normalized spacial score (nSPS) is 11.6. The number of rotatable bonds is 1. The average molecular weight is 177 g/mol. The van der Waals surface area contributed by atoms with E-state index in [-0.39, 0.29) is 0 Å². The molecule has 1 heterocycles. The number of aromatic nitrogens is 1. The molecule has 0 bridgehead atoms. The lowest BCUT2D eigenvalue weighted by atomic mass is 10.4. The molecule has 0 spiro atoms. The summed E-state index contributed by atoms with van der Waals surface area (Å²) in [5, 5.41) is 0. The highest BCUT2D eigenvalue weighted by Gasteiger charge is 2.31. The summed E-state index contributed by atoms with van der Waals surface area (Å²) in [6.07, 6.45) is -3.27. The van der Waals surface area contributed by atoms with Gasteiger partial charge in [0.15, 0.2) is 0 Å². The van der Waals surface area contributed by atoms with Gasteiger partial charge in [0.1, 0.15) is 6.42 Å². The fraction of sp³-hybridized carbons (Fsp3) is 0.286. The second-order valence-electron chi connectivity index (χ2n) is 2.28. The molecule has 2 nitrogen and oxygen atoms in total. The fourth-order valence-electron chi connectivity index (χ4n) is 0.764. The van der Waals surface area contributed by atoms with Crippen LogP contribution in [0.1, 0.15) is 11.2 Å². The molecule has 66 valence electrons. The summed E-state index contributed by atoms with van der Waals surface area (Å²) in [4.78, 5) is 10.8. The van der Waals surface area contributed by atoms with Crippen molar-refractivity contribution in [1.29, 1.82) is 0 Å². The maximum absolute atomic E-state index is 11.7. The number of carbonyl (C=O) groups is 1. The van der Waals surface area contributed by atoms with Gasteiger partial charge in [-0.15, -0.1) is 0 Å². The van der Waals surface area contributed by atoms with Gasteiger partial charge < -0.3 is 0 Å². The quantitative estimate of drug-likeness (QED) is 0.643. The Morgan fingerprint density at radius 3 is 2.17 bits per heavy atom. The highest BCUT2D eigenvalue weighted by molar-refractivity contribution is 5.79. The zero-order valence-corrected chi connectivity index (χ0v) is 6.01. The molecule has 0 aliphatic carbocycles. The lowest BCUT2D eigenvalue weighted by Gasteiger charge is -2.04. The van der Waals surface area contributed by atoms with E-state index in [4.69, 9.17) is 0 Å². The third-order valence-corrected chi connectivity index (χ3v) is 1.24. The zero-order valence-electron chi connectivity index (χ0n) is 6.01. The summed E-state index contributed by atoms with van der Waals surface area (Å²) < 4.78 is 35.9. The molecule has 0 fully saturated rings. The number of hydrogen-bond acceptors (Lipinski definition) is 1. The van der Waals surface area contributed by atoms with Crippen LogP contribution in [0.5, 0.6) is 0 Å². The Morgan fingerprint density at radius 2 is 1.75 bits per heavy atom. The molecule has 5 heteroatoms. The number of nitrogens with zero attached hydrogens (tertiary/aromatic N) is 1. The van der Waals surface area contributed by atoms with Crippen molar-refractivity contribution in [3.05, 3.63) is 24.5 Å². The predicted octanol–water partition coefficient (Wildman–Crippen LogP) is 2.08. The summed E-state index contributed by atoms with van der Waals surface area (Å²) in [7, 11) is 0. The van der Waals surface area contributed by atoms with Crippen LogP contribution in [0.15, 0.2) is 24.5 Å². The molecule has 0 radical (unpaired) electrons. The van der Waals surface area contributed by atoms with E-state index in [1.54, 1.807) is 0 Å². The molecule has 0 unspecified atom stereocenters. The second-order valence-corrected chi connectivity index (χ2v) is 2.28. The Balaban J connectivity index is 2.63. The van der Waals surface area contributed by atoms with Crippen LogP contribution in [0.25, 0.3) is 0 Å². The van der Waals surface area contributed by atoms with Crippen molar-refractivity contribution in [2.24, 2.45) is 0 Å². The summed E-state index contributed by atoms with van der Waals surface area (Å²) in [6, 6.07) is 2.99. The number of hydrogen-bond donors (Lipinski definition) is 0. The van der Waals surface area contributed by atoms with Crippen LogP contribution >= 0.6 is 0 Å². The maximum atomic E-state index is 11.7. The standard InChI is InChI=1S/C7H6F3NO/c8-7(9,10)5-6(12)11-3-1-2-4-11/h1-4H,5H2. The lowest BCUT2D eigenvalue weighted by molar-refractivity contribution is -0.126. The van der Waals surface area contributed by atoms with Crippen molar-refractivity contribution in [2.75, 3.05) is 0 Å². The van der Waals surface area contributed by atoms with Crippen molar-refractivity contribution in [1.82, 2.24) is 4.57 Å². The summed E-state index contributed by atoms with van der Waals surface area (Å²) in [5.74, 6) is -0.965. The molecule has 0 aromatic carbocycles. The van der Waals surface area contributed by atoms with E-state index in [0.717, 1.165) is 4.57 Å². The molecule has 12 heavy (non-hydrogen) atoms. The van der Waals surface area contributed by atoms with Crippen molar-refractivity contribution in [3.63, 3.8) is 0 Å². The van der Waals surface area contributed by atoms with Crippen molar-refractivity contribution in [2.45, 2.75) is 12.6 Å². The first-order valence-electron chi connectivity index (χ1n) is 3.22. The van der Waals surface area contributed by atoms with Crippen LogP contribution < -0.4 is 0 Å². The Hall–Kier alpha value is -1.26. The molecule has 0 saturated heterocycles. The van der Waals surface area contributed by atoms with Gasteiger partial charge in [-0.3, -0.25) is 9.36 Å². The summed E-state index contributed by atoms with van der Waals surface area (Å²) >= 11 is 0. The van der Waals surface area contributed by atoms with Crippen LogP contribution in [-0.4, -0.2) is 16.7 Å². The molecule has 0 aliphatic rings. The number of carbonyl (C=O) groups excluding carboxylic acids is 1. The maximum Gasteiger partial charge on any atom is 0.397 e. The Bertz CT molecular complexity index is 263. The minimum atomic E-state index is -4.43. The lowest BCUT2D eigenvalue weighted by Crippen LogP contribution is -2.19. The molecule has 0 amide bonds. The van der Waals surface area contributed by atoms with Crippen LogP contribution in [-0.2, 0) is 0 Å². The minimum Gasteiger partial charge on any atom is -0.294 e. The van der Waals surface area contributed by atoms with Gasteiger partial charge in [0, 0.05) is 12.4 Å². The van der Waals surface area contributed by atoms with Gasteiger partial charge in [0.2, 0.25) is 5.91 Å². The van der Waals surface area contributed by atoms with Gasteiger partial charge in [-0.05, 0) is 12.1 Å². The summed E-state index contributed by atoms with van der Waals surface area (Å²) in [5.41, 5.74) is 0. The van der Waals surface area contributed by atoms with Crippen LogP contribution in [0.2, 0.25) is 0 Å². The SMILES string of the molecule is O=C(CC(F)(F)F)n1cccc1. The molecule has 1 aromatic heterocycles. The van der Waals surface area contributed by atoms with Crippen LogP contribution in [0, 0.1) is 0 Å². The average Bonchev–Trinajstić information content (AvgIpc) is 2.32. The van der Waals surface area contributed by atoms with Crippen LogP contribution in [0.4, 0.5) is 13.2 Å². The largest absolute Gasteiger partial charge is 0.397 e. The molecule has 0 saturated carbocycles. The molecule has 1 rings (SSSR count). The van der Waals surface area contributed by atoms with Crippen LogP contribution in [0.3, 0.4) is 0 Å². The van der Waals surface area contributed by atoms with Crippen molar-refractivity contribution in [3.8, 4) is 0 Å². The van der Waals surface area contributed by atoms with Gasteiger partial charge >= 0.3 is 6.18 Å². The van der Waals surface area contributed by atoms with Crippen molar-refractivity contribution < 1.29 is 18.0 Å². The first-order chi connectivity index (χ1) is 5.49. The molecule has 1 aromatic rings. The Morgan fingerprint density at radius 1 is 1.25 bits per heavy atom. The molecular weight excluding hydrogens is 171 g/mol. The third-order valence-electron chi connectivity index (χ3n) is 1.24. The third kappa shape index (κ3) is 2.41. The first kappa shape index (κ1) is 8.83. The van der Waals surface area contributed by atoms with E-state index >= 15 is 0 Å². The topological polar surface area (TPSA) is 22.0 Å². The van der Waals surface area contributed by atoms with Gasteiger partial charge in [-0.2, -0.15) is 13.2 Å². The fourth-order valence-corrected chi connectivity index (χ4v) is 0.764. The van der Waals surface area contributed by atoms with E-state index in [1.807, 2.05) is 0 Å². The predicted molar refractivity (Wildman–Crippen MR) is 35.7 cm³/mol. The second kappa shape index (κ2) is 3.00. The van der Waals surface area contributed by atoms with Gasteiger partial charge in [-0.1, -0.05) is 0 Å². The first-order valence-corrected chi connectivity index (χ1v) is 3.22. The van der Waals surface area contributed by atoms with E-state index in [2.05, 4.69) is 0 Å². The molecule has 0 atom stereocenters. The highest BCUT2D eigenvalue weighted by Crippen LogP contribution is 2.20. The Labute approximate surface area is 66.6 Å². The van der Waals surface area contributed by atoms with E-state index in [9.17, 15) is 18.0 Å². The molecule has 0 N–H and O–H groups in total. The van der Waals surface area contributed by atoms with Gasteiger partial charge in [0.25, 0.3) is 0 Å². The number of halogens is 3. The molecular formula is C7H6F3NO. The van der Waals surface area contributed by atoms with Gasteiger partial charge in [0.05, 0.1) is 0 Å². The Kier molecular flexibility index (Phi) is 2.21. The molecule has 0 aliphatic heterocycles. The highest BCUT2D eigenvalue weighted by atomic mass is 19.4. The summed E-state index contributed by atoms with van der Waals surface area (Å²) in [6.45, 7) is 0. The van der Waals surface area contributed by atoms with E-state index < -0.39 is 18.5 Å². The van der Waals surface area contributed by atoms with Gasteiger partial charge in [-0.25, -0.2) is 0 Å².